The summed E-state index contributed by atoms with van der Waals surface area (Å²) in [5.41, 5.74) is 6.40. The lowest BCUT2D eigenvalue weighted by atomic mass is 9.96. The van der Waals surface area contributed by atoms with E-state index in [1.165, 1.54) is 0 Å². The first-order valence-electron chi connectivity index (χ1n) is 12.5. The fourth-order valence-corrected chi connectivity index (χ4v) is 4.58. The van der Waals surface area contributed by atoms with Gasteiger partial charge in [0.2, 0.25) is 5.91 Å². The molecule has 4 aromatic rings. The van der Waals surface area contributed by atoms with Crippen LogP contribution in [0.2, 0.25) is 0 Å². The van der Waals surface area contributed by atoms with Gasteiger partial charge in [0.15, 0.2) is 5.82 Å². The number of aryl methyl sites for hydroxylation is 2. The van der Waals surface area contributed by atoms with Gasteiger partial charge in [-0.05, 0) is 82.0 Å². The summed E-state index contributed by atoms with van der Waals surface area (Å²) in [6.07, 6.45) is 2.29. The molecule has 9 nitrogen and oxygen atoms in total. The summed E-state index contributed by atoms with van der Waals surface area (Å²) in [6.45, 7) is 9.84. The zero-order valence-corrected chi connectivity index (χ0v) is 22.2. The van der Waals surface area contributed by atoms with Crippen LogP contribution < -0.4 is 10.6 Å². The summed E-state index contributed by atoms with van der Waals surface area (Å²) in [5, 5.41) is 17.4. The molecule has 5 rings (SSSR count). The van der Waals surface area contributed by atoms with Gasteiger partial charge >= 0.3 is 0 Å². The first kappa shape index (κ1) is 25.1. The standard InChI is InChI=1S/C29H31N7O2/c1-17-12-26(34-33-17)30-16-23-22-15-20(9-10-24(22)32-27(23)37)13-19-7-6-8-21(14-19)31-28(38)25-11-18(2)35-36(25)29(3,4)5/h6-12,14-16,23H,13H2,1-5H3,(H,31,38)(H,32,37)(H,33,34). The van der Waals surface area contributed by atoms with Crippen molar-refractivity contribution in [1.29, 1.82) is 0 Å². The average molecular weight is 510 g/mol. The monoisotopic (exact) mass is 509 g/mol. The highest BCUT2D eigenvalue weighted by molar-refractivity contribution is 6.12. The van der Waals surface area contributed by atoms with E-state index in [0.717, 1.165) is 33.8 Å². The third-order valence-electron chi connectivity index (χ3n) is 6.33. The van der Waals surface area contributed by atoms with Crippen LogP contribution in [0.1, 0.15) is 65.3 Å². The zero-order valence-electron chi connectivity index (χ0n) is 22.2. The van der Waals surface area contributed by atoms with Crippen LogP contribution in [0.3, 0.4) is 0 Å². The maximum atomic E-state index is 13.1. The number of benzene rings is 2. The second kappa shape index (κ2) is 9.74. The van der Waals surface area contributed by atoms with E-state index in [2.05, 4.69) is 30.9 Å². The number of aromatic nitrogens is 4. The number of rotatable bonds is 6. The van der Waals surface area contributed by atoms with E-state index in [4.69, 9.17) is 0 Å². The molecule has 1 aliphatic heterocycles. The normalized spacial score (nSPS) is 15.1. The van der Waals surface area contributed by atoms with Gasteiger partial charge < -0.3 is 10.6 Å². The smallest absolute Gasteiger partial charge is 0.273 e. The molecule has 2 aromatic carbocycles. The number of anilines is 2. The van der Waals surface area contributed by atoms with Gasteiger partial charge in [-0.15, -0.1) is 0 Å². The van der Waals surface area contributed by atoms with E-state index in [1.54, 1.807) is 17.0 Å². The van der Waals surface area contributed by atoms with Crippen molar-refractivity contribution in [3.8, 4) is 0 Å². The summed E-state index contributed by atoms with van der Waals surface area (Å²) in [5.74, 6) is -0.250. The predicted molar refractivity (Wildman–Crippen MR) is 148 cm³/mol. The van der Waals surface area contributed by atoms with Crippen LogP contribution in [0.25, 0.3) is 0 Å². The Morgan fingerprint density at radius 3 is 2.63 bits per heavy atom. The van der Waals surface area contributed by atoms with Crippen LogP contribution in [-0.4, -0.2) is 38.0 Å². The maximum Gasteiger partial charge on any atom is 0.273 e. The fraction of sp³-hybridized carbons (Fsp3) is 0.276. The lowest BCUT2D eigenvalue weighted by Gasteiger charge is -2.22. The number of fused-ring (bicyclic) bond motifs is 1. The Labute approximate surface area is 221 Å². The Morgan fingerprint density at radius 1 is 1.11 bits per heavy atom. The number of carbonyl (C=O) groups is 2. The molecule has 194 valence electrons. The lowest BCUT2D eigenvalue weighted by molar-refractivity contribution is -0.115. The summed E-state index contributed by atoms with van der Waals surface area (Å²) in [7, 11) is 0. The van der Waals surface area contributed by atoms with Crippen LogP contribution in [0.4, 0.5) is 17.2 Å². The number of nitrogens with one attached hydrogen (secondary N) is 3. The van der Waals surface area contributed by atoms with Crippen molar-refractivity contribution < 1.29 is 9.59 Å². The lowest BCUT2D eigenvalue weighted by Crippen LogP contribution is -2.29. The van der Waals surface area contributed by atoms with Crippen molar-refractivity contribution in [1.82, 2.24) is 20.0 Å². The second-order valence-corrected chi connectivity index (χ2v) is 10.7. The van der Waals surface area contributed by atoms with Crippen molar-refractivity contribution in [2.24, 2.45) is 4.99 Å². The van der Waals surface area contributed by atoms with Crippen LogP contribution in [0, 0.1) is 13.8 Å². The molecule has 0 saturated heterocycles. The number of H-pyrrole nitrogens is 1. The molecule has 1 atom stereocenters. The number of hydrogen-bond acceptors (Lipinski definition) is 5. The van der Waals surface area contributed by atoms with E-state index in [1.807, 2.05) is 83.1 Å². The minimum Gasteiger partial charge on any atom is -0.325 e. The first-order chi connectivity index (χ1) is 18.1. The minimum atomic E-state index is -0.483. The Bertz CT molecular complexity index is 1560. The van der Waals surface area contributed by atoms with Gasteiger partial charge in [0.1, 0.15) is 11.6 Å². The zero-order chi connectivity index (χ0) is 27.0. The molecule has 0 aliphatic carbocycles. The number of nitrogens with zero attached hydrogens (tertiary/aromatic N) is 4. The fourth-order valence-electron chi connectivity index (χ4n) is 4.58. The van der Waals surface area contributed by atoms with Crippen molar-refractivity contribution in [2.75, 3.05) is 10.6 Å². The van der Waals surface area contributed by atoms with Crippen molar-refractivity contribution in [3.05, 3.63) is 88.4 Å². The SMILES string of the molecule is Cc1cc(C(=O)Nc2cccc(Cc3ccc4c(c3)C(C=Nc3cc(C)[nH]n3)C(=O)N4)c2)n(C(C)(C)C)n1. The molecule has 0 fully saturated rings. The number of aromatic amines is 1. The molecule has 2 amide bonds. The van der Waals surface area contributed by atoms with Gasteiger partial charge in [-0.2, -0.15) is 10.2 Å². The molecule has 9 heteroatoms. The van der Waals surface area contributed by atoms with Gasteiger partial charge in [-0.25, -0.2) is 4.99 Å². The van der Waals surface area contributed by atoms with Crippen molar-refractivity contribution in [2.45, 2.75) is 52.5 Å². The summed E-state index contributed by atoms with van der Waals surface area (Å²) in [4.78, 5) is 30.1. The quantitative estimate of drug-likeness (QED) is 0.307. The molecular weight excluding hydrogens is 478 g/mol. The number of carbonyl (C=O) groups excluding carboxylic acids is 2. The molecule has 3 heterocycles. The third-order valence-corrected chi connectivity index (χ3v) is 6.33. The topological polar surface area (TPSA) is 117 Å². The molecule has 38 heavy (non-hydrogen) atoms. The predicted octanol–water partition coefficient (Wildman–Crippen LogP) is 5.26. The largest absolute Gasteiger partial charge is 0.325 e. The van der Waals surface area contributed by atoms with Crippen LogP contribution in [-0.2, 0) is 16.8 Å². The van der Waals surface area contributed by atoms with Gasteiger partial charge in [0.25, 0.3) is 5.91 Å². The molecular formula is C29H31N7O2. The average Bonchev–Trinajstić information content (AvgIpc) is 3.54. The van der Waals surface area contributed by atoms with E-state index in [0.29, 0.717) is 23.6 Å². The molecule has 3 N–H and O–H groups in total. The third kappa shape index (κ3) is 5.27. The highest BCUT2D eigenvalue weighted by Gasteiger charge is 2.29. The minimum absolute atomic E-state index is 0.109. The first-order valence-corrected chi connectivity index (χ1v) is 12.5. The number of amides is 2. The van der Waals surface area contributed by atoms with Gasteiger partial charge in [0.05, 0.1) is 11.2 Å². The molecule has 0 saturated carbocycles. The van der Waals surface area contributed by atoms with E-state index in [9.17, 15) is 9.59 Å². The molecule has 0 bridgehead atoms. The second-order valence-electron chi connectivity index (χ2n) is 10.7. The van der Waals surface area contributed by atoms with Crippen LogP contribution in [0.15, 0.2) is 59.6 Å². The van der Waals surface area contributed by atoms with Crippen molar-refractivity contribution in [3.63, 3.8) is 0 Å². The van der Waals surface area contributed by atoms with E-state index >= 15 is 0 Å². The highest BCUT2D eigenvalue weighted by atomic mass is 16.2. The number of hydrogen-bond donors (Lipinski definition) is 3. The van der Waals surface area contributed by atoms with E-state index < -0.39 is 5.92 Å². The van der Waals surface area contributed by atoms with Gasteiger partial charge in [0, 0.05) is 29.3 Å². The Hall–Kier alpha value is -4.53. The van der Waals surface area contributed by atoms with Crippen LogP contribution >= 0.6 is 0 Å². The van der Waals surface area contributed by atoms with Crippen molar-refractivity contribution >= 4 is 35.2 Å². The van der Waals surface area contributed by atoms with Gasteiger partial charge in [-0.3, -0.25) is 19.4 Å². The Kier molecular flexibility index (Phi) is 6.44. The number of aliphatic imine (C=N–C) groups is 1. The summed E-state index contributed by atoms with van der Waals surface area (Å²) in [6, 6.07) is 17.4. The highest BCUT2D eigenvalue weighted by Crippen LogP contribution is 2.33. The van der Waals surface area contributed by atoms with Crippen LogP contribution in [0.5, 0.6) is 0 Å². The van der Waals surface area contributed by atoms with E-state index in [-0.39, 0.29) is 17.4 Å². The molecule has 1 unspecified atom stereocenters. The summed E-state index contributed by atoms with van der Waals surface area (Å²) >= 11 is 0. The summed E-state index contributed by atoms with van der Waals surface area (Å²) < 4.78 is 1.76. The molecule has 0 radical (unpaired) electrons. The Morgan fingerprint density at radius 2 is 1.89 bits per heavy atom. The Balaban J connectivity index is 1.33. The molecule has 0 spiro atoms. The van der Waals surface area contributed by atoms with Gasteiger partial charge in [-0.1, -0.05) is 24.3 Å². The molecule has 2 aromatic heterocycles. The maximum absolute atomic E-state index is 13.1. The molecule has 1 aliphatic rings.